The van der Waals surface area contributed by atoms with Crippen LogP contribution in [-0.2, 0) is 21.2 Å². The number of hydrogen-bond acceptors (Lipinski definition) is 6. The first kappa shape index (κ1) is 18.5. The standard InChI is InChI=1S/C17H15N3O6S/c21-15-16(22)19-13-9-11(6-7-12(13)18-15)27(25,26)20-14(17(23)24)8-10-4-2-1-3-5-10/h1-7,9,14,20H,8H2,(H,18,21)(H,19,22)(H,23,24)/p-1/t14-/m1/s1. The van der Waals surface area contributed by atoms with Gasteiger partial charge >= 0.3 is 11.1 Å². The Morgan fingerprint density at radius 2 is 1.63 bits per heavy atom. The molecule has 27 heavy (non-hydrogen) atoms. The van der Waals surface area contributed by atoms with Crippen LogP contribution in [0.2, 0.25) is 0 Å². The Hall–Kier alpha value is -3.24. The number of rotatable bonds is 6. The third kappa shape index (κ3) is 4.13. The summed E-state index contributed by atoms with van der Waals surface area (Å²) in [6.07, 6.45) is -0.0971. The quantitative estimate of drug-likeness (QED) is 0.454. The van der Waals surface area contributed by atoms with Gasteiger partial charge in [-0.1, -0.05) is 30.3 Å². The van der Waals surface area contributed by atoms with Gasteiger partial charge in [0.2, 0.25) is 10.0 Å². The van der Waals surface area contributed by atoms with Gasteiger partial charge in [0, 0.05) is 0 Å². The number of sulfonamides is 1. The average molecular weight is 388 g/mol. The molecule has 0 fully saturated rings. The summed E-state index contributed by atoms with van der Waals surface area (Å²) in [5.74, 6) is -1.57. The fourth-order valence-corrected chi connectivity index (χ4v) is 3.75. The van der Waals surface area contributed by atoms with Crippen molar-refractivity contribution in [1.29, 1.82) is 0 Å². The van der Waals surface area contributed by atoms with Gasteiger partial charge in [0.1, 0.15) is 0 Å². The smallest absolute Gasteiger partial charge is 0.314 e. The Morgan fingerprint density at radius 1 is 1.00 bits per heavy atom. The first-order chi connectivity index (χ1) is 12.8. The lowest BCUT2D eigenvalue weighted by Gasteiger charge is -2.20. The van der Waals surface area contributed by atoms with Gasteiger partial charge in [-0.3, -0.25) is 9.59 Å². The van der Waals surface area contributed by atoms with Crippen LogP contribution in [0.5, 0.6) is 0 Å². The number of aliphatic carboxylic acids is 1. The van der Waals surface area contributed by atoms with Crippen molar-refractivity contribution < 1.29 is 18.3 Å². The molecule has 3 N–H and O–H groups in total. The summed E-state index contributed by atoms with van der Waals surface area (Å²) in [4.78, 5) is 38.4. The van der Waals surface area contributed by atoms with Gasteiger partial charge in [0.15, 0.2) is 0 Å². The van der Waals surface area contributed by atoms with Crippen molar-refractivity contribution in [2.24, 2.45) is 0 Å². The summed E-state index contributed by atoms with van der Waals surface area (Å²) in [6, 6.07) is 10.6. The van der Waals surface area contributed by atoms with E-state index < -0.39 is 33.2 Å². The van der Waals surface area contributed by atoms with Crippen molar-refractivity contribution in [3.8, 4) is 0 Å². The molecule has 3 aromatic rings. The van der Waals surface area contributed by atoms with E-state index in [2.05, 4.69) is 14.7 Å². The summed E-state index contributed by atoms with van der Waals surface area (Å²) in [5, 5.41) is 11.4. The predicted molar refractivity (Wildman–Crippen MR) is 94.5 cm³/mol. The lowest BCUT2D eigenvalue weighted by Crippen LogP contribution is -2.49. The molecule has 0 saturated carbocycles. The molecule has 1 atom stereocenters. The molecule has 0 amide bonds. The number of benzene rings is 2. The molecule has 1 heterocycles. The van der Waals surface area contributed by atoms with E-state index in [9.17, 15) is 27.9 Å². The summed E-state index contributed by atoms with van der Waals surface area (Å²) in [5.41, 5.74) is -0.845. The topological polar surface area (TPSA) is 152 Å². The molecule has 1 aromatic heterocycles. The first-order valence-corrected chi connectivity index (χ1v) is 9.28. The molecule has 0 bridgehead atoms. The third-order valence-electron chi connectivity index (χ3n) is 3.87. The molecule has 0 aliphatic rings. The fourth-order valence-electron chi connectivity index (χ4n) is 2.54. The fraction of sp³-hybridized carbons (Fsp3) is 0.118. The molecule has 140 valence electrons. The summed E-state index contributed by atoms with van der Waals surface area (Å²) >= 11 is 0. The van der Waals surface area contributed by atoms with Crippen molar-refractivity contribution in [1.82, 2.24) is 14.7 Å². The minimum Gasteiger partial charge on any atom is -0.548 e. The zero-order valence-electron chi connectivity index (χ0n) is 13.8. The van der Waals surface area contributed by atoms with Gasteiger partial charge < -0.3 is 19.9 Å². The van der Waals surface area contributed by atoms with Gasteiger partial charge in [0.05, 0.1) is 27.9 Å². The maximum atomic E-state index is 12.6. The molecule has 0 unspecified atom stereocenters. The average Bonchev–Trinajstić information content (AvgIpc) is 2.62. The van der Waals surface area contributed by atoms with Gasteiger partial charge in [-0.25, -0.2) is 13.1 Å². The summed E-state index contributed by atoms with van der Waals surface area (Å²) < 4.78 is 27.2. The number of hydrogen-bond donors (Lipinski definition) is 3. The van der Waals surface area contributed by atoms with Crippen LogP contribution < -0.4 is 20.9 Å². The number of fused-ring (bicyclic) bond motifs is 1. The Bertz CT molecular complexity index is 1210. The lowest BCUT2D eigenvalue weighted by molar-refractivity contribution is -0.307. The van der Waals surface area contributed by atoms with E-state index >= 15 is 0 Å². The van der Waals surface area contributed by atoms with Crippen molar-refractivity contribution >= 4 is 27.0 Å². The Morgan fingerprint density at radius 3 is 2.26 bits per heavy atom. The highest BCUT2D eigenvalue weighted by atomic mass is 32.2. The Labute approximate surface area is 152 Å². The molecule has 0 radical (unpaired) electrons. The minimum atomic E-state index is -4.22. The Balaban J connectivity index is 1.93. The number of aromatic amines is 2. The van der Waals surface area contributed by atoms with Crippen LogP contribution in [0.15, 0.2) is 63.0 Å². The molecule has 0 spiro atoms. The zero-order valence-corrected chi connectivity index (χ0v) is 14.6. The van der Waals surface area contributed by atoms with Gasteiger partial charge in [-0.05, 0) is 30.2 Å². The largest absolute Gasteiger partial charge is 0.548 e. The highest BCUT2D eigenvalue weighted by Gasteiger charge is 2.22. The van der Waals surface area contributed by atoms with Gasteiger partial charge in [0.25, 0.3) is 0 Å². The van der Waals surface area contributed by atoms with E-state index in [1.165, 1.54) is 12.1 Å². The van der Waals surface area contributed by atoms with Gasteiger partial charge in [-0.15, -0.1) is 0 Å². The van der Waals surface area contributed by atoms with Crippen LogP contribution >= 0.6 is 0 Å². The lowest BCUT2D eigenvalue weighted by atomic mass is 10.1. The van der Waals surface area contributed by atoms with E-state index in [4.69, 9.17) is 0 Å². The number of carboxylic acids is 1. The minimum absolute atomic E-state index is 0.0931. The summed E-state index contributed by atoms with van der Waals surface area (Å²) in [6.45, 7) is 0. The van der Waals surface area contributed by atoms with Crippen molar-refractivity contribution in [2.75, 3.05) is 0 Å². The van der Waals surface area contributed by atoms with E-state index in [1.54, 1.807) is 30.3 Å². The first-order valence-electron chi connectivity index (χ1n) is 7.80. The molecular weight excluding hydrogens is 374 g/mol. The predicted octanol–water partition coefficient (Wildman–Crippen LogP) is -1.14. The number of carboxylic acid groups (broad SMARTS) is 1. The van der Waals surface area contributed by atoms with Crippen LogP contribution in [0.3, 0.4) is 0 Å². The second kappa shape index (κ2) is 7.17. The summed E-state index contributed by atoms with van der Waals surface area (Å²) in [7, 11) is -4.22. The van der Waals surface area contributed by atoms with E-state index in [-0.39, 0.29) is 22.3 Å². The van der Waals surface area contributed by atoms with Gasteiger partial charge in [-0.2, -0.15) is 0 Å². The maximum absolute atomic E-state index is 12.6. The highest BCUT2D eigenvalue weighted by molar-refractivity contribution is 7.89. The second-order valence-corrected chi connectivity index (χ2v) is 7.51. The van der Waals surface area contributed by atoms with Crippen molar-refractivity contribution in [3.05, 3.63) is 74.8 Å². The van der Waals surface area contributed by atoms with Crippen LogP contribution in [0.4, 0.5) is 0 Å². The molecule has 3 rings (SSSR count). The Kier molecular flexibility index (Phi) is 4.93. The molecule has 0 aliphatic heterocycles. The van der Waals surface area contributed by atoms with E-state index in [0.717, 1.165) is 6.07 Å². The molecule has 2 aromatic carbocycles. The zero-order chi connectivity index (χ0) is 19.6. The number of nitrogens with one attached hydrogen (secondary N) is 3. The van der Waals surface area contributed by atoms with E-state index in [1.807, 2.05) is 0 Å². The monoisotopic (exact) mass is 388 g/mol. The van der Waals surface area contributed by atoms with Crippen LogP contribution in [0, 0.1) is 0 Å². The molecule has 9 nitrogen and oxygen atoms in total. The normalized spacial score (nSPS) is 12.7. The molecule has 10 heteroatoms. The highest BCUT2D eigenvalue weighted by Crippen LogP contribution is 2.15. The number of carbonyl (C=O) groups is 1. The number of aromatic nitrogens is 2. The number of carbonyl (C=O) groups excluding carboxylic acids is 1. The van der Waals surface area contributed by atoms with Crippen molar-refractivity contribution in [3.63, 3.8) is 0 Å². The van der Waals surface area contributed by atoms with Crippen LogP contribution in [0.1, 0.15) is 5.56 Å². The van der Waals surface area contributed by atoms with Crippen LogP contribution in [0.25, 0.3) is 11.0 Å². The van der Waals surface area contributed by atoms with Crippen LogP contribution in [-0.4, -0.2) is 30.4 Å². The number of H-pyrrole nitrogens is 2. The second-order valence-electron chi connectivity index (χ2n) is 5.80. The SMILES string of the molecule is O=C([O-])[C@@H](Cc1ccccc1)NS(=O)(=O)c1ccc2[nH]c(=O)c(=O)[nH]c2c1. The molecule has 0 aliphatic carbocycles. The van der Waals surface area contributed by atoms with E-state index in [0.29, 0.717) is 5.56 Å². The molecule has 0 saturated heterocycles. The molecular formula is C17H14N3O6S-. The third-order valence-corrected chi connectivity index (χ3v) is 5.34. The maximum Gasteiger partial charge on any atom is 0.314 e. The van der Waals surface area contributed by atoms with Crippen molar-refractivity contribution in [2.45, 2.75) is 17.4 Å².